The molecule has 3 rings (SSSR count). The summed E-state index contributed by atoms with van der Waals surface area (Å²) in [7, 11) is 0. The van der Waals surface area contributed by atoms with Gasteiger partial charge in [0.2, 0.25) is 5.91 Å². The van der Waals surface area contributed by atoms with Crippen LogP contribution < -0.4 is 5.32 Å². The molecule has 0 saturated carbocycles. The fourth-order valence-electron chi connectivity index (χ4n) is 3.31. The van der Waals surface area contributed by atoms with E-state index in [1.54, 1.807) is 11.0 Å². The molecule has 2 fully saturated rings. The largest absolute Gasteiger partial charge is 0.478 e. The van der Waals surface area contributed by atoms with Crippen molar-refractivity contribution < 1.29 is 19.5 Å². The molecule has 0 unspecified atom stereocenters. The molecule has 1 spiro atoms. The number of carbonyl (C=O) groups is 3. The molecule has 0 bridgehead atoms. The number of halogens is 1. The van der Waals surface area contributed by atoms with Crippen molar-refractivity contribution in [3.8, 4) is 0 Å². The number of nitrogens with one attached hydrogen (secondary N) is 1. The number of carbonyl (C=O) groups excluding carboxylic acids is 2. The molecular formula is C16H17BrN2O4. The molecule has 0 aliphatic carbocycles. The monoisotopic (exact) mass is 380 g/mol. The number of amides is 2. The Bertz CT molecular complexity index is 681. The summed E-state index contributed by atoms with van der Waals surface area (Å²) in [5.41, 5.74) is 0.437. The van der Waals surface area contributed by atoms with Gasteiger partial charge in [0.1, 0.15) is 0 Å². The molecule has 7 heteroatoms. The molecule has 23 heavy (non-hydrogen) atoms. The van der Waals surface area contributed by atoms with Crippen molar-refractivity contribution >= 4 is 33.7 Å². The summed E-state index contributed by atoms with van der Waals surface area (Å²) >= 11 is 3.25. The smallest absolute Gasteiger partial charge is 0.335 e. The van der Waals surface area contributed by atoms with E-state index in [1.165, 1.54) is 12.1 Å². The predicted molar refractivity (Wildman–Crippen MR) is 86.3 cm³/mol. The molecule has 122 valence electrons. The third-order valence-corrected chi connectivity index (χ3v) is 5.16. The molecule has 1 aromatic carbocycles. The van der Waals surface area contributed by atoms with Crippen LogP contribution in [0.5, 0.6) is 0 Å². The average molecular weight is 381 g/mol. The fraction of sp³-hybridized carbons (Fsp3) is 0.438. The van der Waals surface area contributed by atoms with Crippen molar-refractivity contribution in [3.05, 3.63) is 33.8 Å². The summed E-state index contributed by atoms with van der Waals surface area (Å²) < 4.78 is 0.569. The van der Waals surface area contributed by atoms with E-state index in [4.69, 9.17) is 5.11 Å². The maximum absolute atomic E-state index is 12.6. The van der Waals surface area contributed by atoms with E-state index < -0.39 is 5.97 Å². The Morgan fingerprint density at radius 1 is 1.17 bits per heavy atom. The summed E-state index contributed by atoms with van der Waals surface area (Å²) in [5, 5.41) is 12.0. The highest BCUT2D eigenvalue weighted by atomic mass is 79.9. The van der Waals surface area contributed by atoms with E-state index in [1.807, 2.05) is 0 Å². The zero-order chi connectivity index (χ0) is 16.6. The number of hydrogen-bond donors (Lipinski definition) is 2. The van der Waals surface area contributed by atoms with E-state index in [0.29, 0.717) is 36.1 Å². The summed E-state index contributed by atoms with van der Waals surface area (Å²) in [5.74, 6) is -1.14. The lowest BCUT2D eigenvalue weighted by atomic mass is 9.77. The van der Waals surface area contributed by atoms with Crippen molar-refractivity contribution in [2.75, 3.05) is 19.6 Å². The minimum absolute atomic E-state index is 0.0165. The lowest BCUT2D eigenvalue weighted by Crippen LogP contribution is -2.44. The van der Waals surface area contributed by atoms with E-state index in [2.05, 4.69) is 21.2 Å². The minimum Gasteiger partial charge on any atom is -0.478 e. The van der Waals surface area contributed by atoms with Crippen molar-refractivity contribution in [2.24, 2.45) is 5.41 Å². The Hall–Kier alpha value is -1.89. The highest BCUT2D eigenvalue weighted by Gasteiger charge is 2.41. The molecule has 2 amide bonds. The van der Waals surface area contributed by atoms with Crippen molar-refractivity contribution in [2.45, 2.75) is 19.3 Å². The molecule has 0 aromatic heterocycles. The Morgan fingerprint density at radius 3 is 2.39 bits per heavy atom. The topological polar surface area (TPSA) is 86.7 Å². The number of hydrogen-bond acceptors (Lipinski definition) is 3. The van der Waals surface area contributed by atoms with E-state index in [9.17, 15) is 14.4 Å². The molecule has 1 aromatic rings. The molecule has 2 heterocycles. The zero-order valence-corrected chi connectivity index (χ0v) is 14.1. The lowest BCUT2D eigenvalue weighted by Gasteiger charge is -2.38. The number of benzene rings is 1. The van der Waals surface area contributed by atoms with Gasteiger partial charge < -0.3 is 15.3 Å². The van der Waals surface area contributed by atoms with Crippen LogP contribution in [-0.4, -0.2) is 47.4 Å². The van der Waals surface area contributed by atoms with Gasteiger partial charge in [-0.1, -0.05) is 15.9 Å². The van der Waals surface area contributed by atoms with Gasteiger partial charge in [0.05, 0.1) is 5.56 Å². The average Bonchev–Trinajstić information content (AvgIpc) is 2.87. The second-order valence-corrected chi connectivity index (χ2v) is 7.20. The van der Waals surface area contributed by atoms with Gasteiger partial charge in [-0.2, -0.15) is 0 Å². The fourth-order valence-corrected chi connectivity index (χ4v) is 3.80. The van der Waals surface area contributed by atoms with Crippen LogP contribution in [0.15, 0.2) is 22.7 Å². The third kappa shape index (κ3) is 3.24. The Balaban J connectivity index is 1.72. The number of aromatic carboxylic acids is 1. The van der Waals surface area contributed by atoms with E-state index in [0.717, 1.165) is 12.8 Å². The van der Waals surface area contributed by atoms with Crippen LogP contribution in [0, 0.1) is 5.41 Å². The van der Waals surface area contributed by atoms with Gasteiger partial charge in [0.15, 0.2) is 0 Å². The quantitative estimate of drug-likeness (QED) is 0.819. The van der Waals surface area contributed by atoms with Crippen LogP contribution in [0.3, 0.4) is 0 Å². The zero-order valence-electron chi connectivity index (χ0n) is 12.5. The summed E-state index contributed by atoms with van der Waals surface area (Å²) in [6.07, 6.45) is 2.11. The van der Waals surface area contributed by atoms with Crippen LogP contribution >= 0.6 is 15.9 Å². The number of piperidine rings is 1. The predicted octanol–water partition coefficient (Wildman–Crippen LogP) is 1.89. The van der Waals surface area contributed by atoms with Crippen molar-refractivity contribution in [1.29, 1.82) is 0 Å². The van der Waals surface area contributed by atoms with Gasteiger partial charge in [0.25, 0.3) is 5.91 Å². The van der Waals surface area contributed by atoms with Gasteiger partial charge in [-0.15, -0.1) is 0 Å². The molecular weight excluding hydrogens is 364 g/mol. The Labute approximate surface area is 142 Å². The Morgan fingerprint density at radius 2 is 1.83 bits per heavy atom. The first-order valence-electron chi connectivity index (χ1n) is 7.48. The number of carboxylic acids is 1. The van der Waals surface area contributed by atoms with Gasteiger partial charge in [-0.25, -0.2) is 4.79 Å². The third-order valence-electron chi connectivity index (χ3n) is 4.70. The second kappa shape index (κ2) is 5.96. The maximum atomic E-state index is 12.6. The highest BCUT2D eigenvalue weighted by Crippen LogP contribution is 2.37. The number of likely N-dealkylation sites (tertiary alicyclic amines) is 1. The standard InChI is InChI=1S/C16H17BrN2O4/c17-12-6-10(5-11(7-12)15(22)23)14(21)19-3-1-16(2-4-19)8-13(20)18-9-16/h5-7H,1-4,8-9H2,(H,18,20)(H,22,23). The lowest BCUT2D eigenvalue weighted by molar-refractivity contribution is -0.119. The van der Waals surface area contributed by atoms with Gasteiger partial charge >= 0.3 is 5.97 Å². The second-order valence-electron chi connectivity index (χ2n) is 6.28. The van der Waals surface area contributed by atoms with E-state index >= 15 is 0 Å². The molecule has 0 atom stereocenters. The first-order valence-corrected chi connectivity index (χ1v) is 8.28. The van der Waals surface area contributed by atoms with Crippen LogP contribution in [0.2, 0.25) is 0 Å². The molecule has 0 radical (unpaired) electrons. The van der Waals surface area contributed by atoms with Crippen LogP contribution in [0.1, 0.15) is 40.0 Å². The Kier molecular flexibility index (Phi) is 4.14. The maximum Gasteiger partial charge on any atom is 0.335 e. The highest BCUT2D eigenvalue weighted by molar-refractivity contribution is 9.10. The molecule has 2 aliphatic heterocycles. The SMILES string of the molecule is O=C1CC2(CCN(C(=O)c3cc(Br)cc(C(=O)O)c3)CC2)CN1. The summed E-state index contributed by atoms with van der Waals surface area (Å²) in [6, 6.07) is 4.51. The van der Waals surface area contributed by atoms with Crippen LogP contribution in [-0.2, 0) is 4.79 Å². The van der Waals surface area contributed by atoms with E-state index in [-0.39, 0.29) is 22.8 Å². The first-order chi connectivity index (χ1) is 10.9. The van der Waals surface area contributed by atoms with Gasteiger partial charge in [0, 0.05) is 36.1 Å². The molecule has 2 aliphatic rings. The van der Waals surface area contributed by atoms with Crippen molar-refractivity contribution in [3.63, 3.8) is 0 Å². The number of nitrogens with zero attached hydrogens (tertiary/aromatic N) is 1. The van der Waals surface area contributed by atoms with Crippen LogP contribution in [0.4, 0.5) is 0 Å². The first kappa shape index (κ1) is 16.0. The van der Waals surface area contributed by atoms with Gasteiger partial charge in [-0.05, 0) is 36.5 Å². The number of rotatable bonds is 2. The number of carboxylic acid groups (broad SMARTS) is 1. The summed E-state index contributed by atoms with van der Waals surface area (Å²) in [4.78, 5) is 36.9. The summed E-state index contributed by atoms with van der Waals surface area (Å²) in [6.45, 7) is 1.86. The molecule has 2 saturated heterocycles. The minimum atomic E-state index is -1.06. The molecule has 6 nitrogen and oxygen atoms in total. The normalized spacial score (nSPS) is 19.7. The molecule has 2 N–H and O–H groups in total. The van der Waals surface area contributed by atoms with Gasteiger partial charge in [-0.3, -0.25) is 9.59 Å². The van der Waals surface area contributed by atoms with Crippen molar-refractivity contribution in [1.82, 2.24) is 10.2 Å². The van der Waals surface area contributed by atoms with Crippen LogP contribution in [0.25, 0.3) is 0 Å².